The van der Waals surface area contributed by atoms with Crippen molar-refractivity contribution in [1.29, 1.82) is 0 Å². The summed E-state index contributed by atoms with van der Waals surface area (Å²) >= 11 is 3.45. The van der Waals surface area contributed by atoms with E-state index in [0.717, 1.165) is 55.5 Å². The van der Waals surface area contributed by atoms with Crippen LogP contribution in [0.2, 0.25) is 0 Å². The Bertz CT molecular complexity index is 459. The lowest BCUT2D eigenvalue weighted by atomic mass is 10.1. The van der Waals surface area contributed by atoms with Crippen LogP contribution in [0.3, 0.4) is 0 Å². The molecule has 0 radical (unpaired) electrons. The van der Waals surface area contributed by atoms with Gasteiger partial charge in [0.15, 0.2) is 0 Å². The first kappa shape index (κ1) is 16.3. The van der Waals surface area contributed by atoms with Crippen molar-refractivity contribution in [3.63, 3.8) is 0 Å². The Morgan fingerprint density at radius 2 is 2.10 bits per heavy atom. The van der Waals surface area contributed by atoms with Crippen molar-refractivity contribution in [2.45, 2.75) is 38.2 Å². The highest BCUT2D eigenvalue weighted by Crippen LogP contribution is 2.22. The van der Waals surface area contributed by atoms with Gasteiger partial charge < -0.3 is 14.7 Å². The van der Waals surface area contributed by atoms with Crippen LogP contribution < -0.4 is 4.74 Å². The Kier molecular flexibility index (Phi) is 6.51. The van der Waals surface area contributed by atoms with Crippen molar-refractivity contribution < 1.29 is 14.6 Å². The van der Waals surface area contributed by atoms with Gasteiger partial charge in [-0.2, -0.15) is 0 Å². The molecule has 5 heteroatoms. The molecule has 1 aromatic rings. The molecule has 0 bridgehead atoms. The molecule has 2 rings (SSSR count). The van der Waals surface area contributed by atoms with E-state index >= 15 is 0 Å². The highest BCUT2D eigenvalue weighted by Gasteiger charge is 2.20. The van der Waals surface area contributed by atoms with Gasteiger partial charge in [0.1, 0.15) is 11.9 Å². The number of benzene rings is 1. The molecule has 4 nitrogen and oxygen atoms in total. The fourth-order valence-electron chi connectivity index (χ4n) is 2.60. The topological polar surface area (TPSA) is 49.8 Å². The quantitative estimate of drug-likeness (QED) is 0.759. The molecule has 0 spiro atoms. The molecule has 0 unspecified atom stereocenters. The molecule has 0 aromatic heterocycles. The molecular weight excluding hydrogens is 334 g/mol. The number of carboxylic acid groups (broad SMARTS) is 1. The van der Waals surface area contributed by atoms with Crippen molar-refractivity contribution in [1.82, 2.24) is 4.90 Å². The molecule has 0 aliphatic carbocycles. The van der Waals surface area contributed by atoms with E-state index in [1.54, 1.807) is 0 Å². The lowest BCUT2D eigenvalue weighted by Gasteiger charge is -2.32. The number of aliphatic carboxylic acids is 1. The van der Waals surface area contributed by atoms with Gasteiger partial charge in [0.05, 0.1) is 0 Å². The normalized spacial score (nSPS) is 16.8. The van der Waals surface area contributed by atoms with E-state index in [2.05, 4.69) is 20.8 Å². The van der Waals surface area contributed by atoms with Crippen LogP contribution in [-0.4, -0.2) is 41.7 Å². The summed E-state index contributed by atoms with van der Waals surface area (Å²) in [5.41, 5.74) is 0. The summed E-state index contributed by atoms with van der Waals surface area (Å²) in [4.78, 5) is 12.9. The number of likely N-dealkylation sites (tertiary alicyclic amines) is 1. The van der Waals surface area contributed by atoms with Crippen LogP contribution in [0.25, 0.3) is 0 Å². The second kappa shape index (κ2) is 8.39. The second-order valence-electron chi connectivity index (χ2n) is 5.47. The number of carbonyl (C=O) groups is 1. The third kappa shape index (κ3) is 6.06. The first-order chi connectivity index (χ1) is 10.1. The van der Waals surface area contributed by atoms with Gasteiger partial charge in [-0.1, -0.05) is 22.0 Å². The van der Waals surface area contributed by atoms with E-state index in [-0.39, 0.29) is 12.5 Å². The first-order valence-electron chi connectivity index (χ1n) is 7.50. The number of piperidine rings is 1. The summed E-state index contributed by atoms with van der Waals surface area (Å²) in [5, 5.41) is 8.61. The Morgan fingerprint density at radius 1 is 1.33 bits per heavy atom. The van der Waals surface area contributed by atoms with Gasteiger partial charge in [-0.05, 0) is 50.4 Å². The molecule has 21 heavy (non-hydrogen) atoms. The third-order valence-corrected chi connectivity index (χ3v) is 4.24. The van der Waals surface area contributed by atoms with Gasteiger partial charge in [0.25, 0.3) is 0 Å². The average molecular weight is 356 g/mol. The lowest BCUT2D eigenvalue weighted by molar-refractivity contribution is -0.137. The Balaban J connectivity index is 1.65. The monoisotopic (exact) mass is 355 g/mol. The fourth-order valence-corrected chi connectivity index (χ4v) is 2.97. The van der Waals surface area contributed by atoms with E-state index in [1.807, 2.05) is 24.3 Å². The largest absolute Gasteiger partial charge is 0.490 e. The second-order valence-corrected chi connectivity index (χ2v) is 6.38. The van der Waals surface area contributed by atoms with Crippen LogP contribution in [-0.2, 0) is 4.79 Å². The highest BCUT2D eigenvalue weighted by atomic mass is 79.9. The van der Waals surface area contributed by atoms with Gasteiger partial charge in [-0.15, -0.1) is 0 Å². The molecule has 1 saturated heterocycles. The van der Waals surface area contributed by atoms with Gasteiger partial charge in [-0.25, -0.2) is 0 Å². The number of halogens is 1. The molecule has 1 N–H and O–H groups in total. The number of hydrogen-bond acceptors (Lipinski definition) is 3. The zero-order valence-corrected chi connectivity index (χ0v) is 13.7. The van der Waals surface area contributed by atoms with Crippen LogP contribution in [0.4, 0.5) is 0 Å². The minimum Gasteiger partial charge on any atom is -0.490 e. The summed E-state index contributed by atoms with van der Waals surface area (Å²) in [7, 11) is 0. The molecule has 1 heterocycles. The predicted octanol–water partition coefficient (Wildman–Crippen LogP) is 3.55. The van der Waals surface area contributed by atoms with E-state index in [4.69, 9.17) is 9.84 Å². The van der Waals surface area contributed by atoms with Crippen LogP contribution in [0.15, 0.2) is 28.7 Å². The molecule has 1 aliphatic heterocycles. The van der Waals surface area contributed by atoms with Crippen LogP contribution in [0, 0.1) is 0 Å². The molecule has 0 amide bonds. The molecular formula is C16H22BrNO3. The minimum absolute atomic E-state index is 0.280. The fraction of sp³-hybridized carbons (Fsp3) is 0.562. The van der Waals surface area contributed by atoms with Crippen molar-refractivity contribution in [2.75, 3.05) is 19.6 Å². The molecule has 0 saturated carbocycles. The van der Waals surface area contributed by atoms with Crippen molar-refractivity contribution in [2.24, 2.45) is 0 Å². The van der Waals surface area contributed by atoms with Crippen molar-refractivity contribution in [3.8, 4) is 5.75 Å². The van der Waals surface area contributed by atoms with E-state index in [1.165, 1.54) is 0 Å². The van der Waals surface area contributed by atoms with Crippen LogP contribution >= 0.6 is 15.9 Å². The maximum atomic E-state index is 10.5. The van der Waals surface area contributed by atoms with Crippen LogP contribution in [0.5, 0.6) is 5.75 Å². The van der Waals surface area contributed by atoms with Gasteiger partial charge in [0, 0.05) is 24.0 Å². The maximum Gasteiger partial charge on any atom is 0.303 e. The third-order valence-electron chi connectivity index (χ3n) is 3.75. The van der Waals surface area contributed by atoms with E-state index < -0.39 is 5.97 Å². The number of rotatable bonds is 7. The summed E-state index contributed by atoms with van der Waals surface area (Å²) in [5.74, 6) is 0.223. The lowest BCUT2D eigenvalue weighted by Crippen LogP contribution is -2.38. The molecule has 116 valence electrons. The Morgan fingerprint density at radius 3 is 2.76 bits per heavy atom. The molecule has 1 aliphatic rings. The minimum atomic E-state index is -0.698. The summed E-state index contributed by atoms with van der Waals surface area (Å²) in [6, 6.07) is 7.96. The Hall–Kier alpha value is -1.07. The van der Waals surface area contributed by atoms with Gasteiger partial charge >= 0.3 is 5.97 Å². The number of hydrogen-bond donors (Lipinski definition) is 1. The van der Waals surface area contributed by atoms with Crippen molar-refractivity contribution in [3.05, 3.63) is 28.7 Å². The SMILES string of the molecule is O=C(O)CCCCN1CCC(Oc2cccc(Br)c2)CC1. The number of carboxylic acids is 1. The number of unbranched alkanes of at least 4 members (excludes halogenated alkanes) is 1. The zero-order chi connectivity index (χ0) is 15.1. The summed E-state index contributed by atoms with van der Waals surface area (Å²) < 4.78 is 7.05. The number of ether oxygens (including phenoxy) is 1. The predicted molar refractivity (Wildman–Crippen MR) is 85.7 cm³/mol. The molecule has 0 atom stereocenters. The van der Waals surface area contributed by atoms with Gasteiger partial charge in [-0.3, -0.25) is 4.79 Å². The number of nitrogens with zero attached hydrogens (tertiary/aromatic N) is 1. The Labute approximate surface area is 134 Å². The molecule has 1 aromatic carbocycles. The smallest absolute Gasteiger partial charge is 0.303 e. The van der Waals surface area contributed by atoms with E-state index in [9.17, 15) is 4.79 Å². The maximum absolute atomic E-state index is 10.5. The van der Waals surface area contributed by atoms with Crippen LogP contribution in [0.1, 0.15) is 32.1 Å². The average Bonchev–Trinajstić information content (AvgIpc) is 2.45. The summed E-state index contributed by atoms with van der Waals surface area (Å²) in [6.07, 6.45) is 4.36. The standard InChI is InChI=1S/C16H22BrNO3/c17-13-4-3-5-15(12-13)21-14-7-10-18(11-8-14)9-2-1-6-16(19)20/h3-5,12,14H,1-2,6-11H2,(H,19,20). The van der Waals surface area contributed by atoms with E-state index in [0.29, 0.717) is 0 Å². The summed E-state index contributed by atoms with van der Waals surface area (Å²) in [6.45, 7) is 3.06. The molecule has 1 fully saturated rings. The zero-order valence-electron chi connectivity index (χ0n) is 12.1. The first-order valence-corrected chi connectivity index (χ1v) is 8.29. The van der Waals surface area contributed by atoms with Crippen molar-refractivity contribution >= 4 is 21.9 Å². The van der Waals surface area contributed by atoms with Gasteiger partial charge in [0.2, 0.25) is 0 Å². The highest BCUT2D eigenvalue weighted by molar-refractivity contribution is 9.10.